The summed E-state index contributed by atoms with van der Waals surface area (Å²) >= 11 is 0. The lowest BCUT2D eigenvalue weighted by Gasteiger charge is -2.10. The number of carbonyl (C=O) groups is 3. The van der Waals surface area contributed by atoms with Gasteiger partial charge in [-0.2, -0.15) is 0 Å². The molecule has 1 N–H and O–H groups in total. The third kappa shape index (κ3) is 3.17. The molecule has 0 unspecified atom stereocenters. The molecule has 0 aromatic heterocycles. The monoisotopic (exact) mass is 288 g/mol. The second-order valence-electron chi connectivity index (χ2n) is 4.32. The number of rotatable bonds is 3. The van der Waals surface area contributed by atoms with Gasteiger partial charge >= 0.3 is 17.9 Å². The molecule has 0 atom stereocenters. The molecule has 2 rings (SSSR count). The van der Waals surface area contributed by atoms with E-state index < -0.39 is 17.9 Å². The quantitative estimate of drug-likeness (QED) is 0.689. The van der Waals surface area contributed by atoms with Crippen LogP contribution in [0.1, 0.15) is 24.2 Å². The maximum Gasteiger partial charge on any atom is 0.339 e. The molecule has 0 spiro atoms. The average Bonchev–Trinajstić information content (AvgIpc) is 2.36. The van der Waals surface area contributed by atoms with Crippen molar-refractivity contribution < 1.29 is 29.0 Å². The van der Waals surface area contributed by atoms with Gasteiger partial charge in [0, 0.05) is 19.2 Å². The lowest BCUT2D eigenvalue weighted by atomic mass is 10.0. The van der Waals surface area contributed by atoms with Crippen LogP contribution in [0, 0.1) is 0 Å². The topological polar surface area (TPSA) is 89.9 Å². The fourth-order valence-electron chi connectivity index (χ4n) is 1.93. The van der Waals surface area contributed by atoms with E-state index in [0.717, 1.165) is 0 Å². The number of hydrogen-bond acceptors (Lipinski definition) is 5. The highest BCUT2D eigenvalue weighted by Crippen LogP contribution is 2.32. The number of benzene rings is 2. The molecule has 0 aliphatic heterocycles. The molecule has 0 fully saturated rings. The van der Waals surface area contributed by atoms with Crippen LogP contribution in [0.5, 0.6) is 11.5 Å². The van der Waals surface area contributed by atoms with Crippen LogP contribution in [0.25, 0.3) is 10.8 Å². The first-order valence-corrected chi connectivity index (χ1v) is 6.05. The molecule has 0 aliphatic rings. The van der Waals surface area contributed by atoms with E-state index in [-0.39, 0.29) is 17.1 Å². The smallest absolute Gasteiger partial charge is 0.339 e. The molecule has 0 saturated heterocycles. The zero-order valence-electron chi connectivity index (χ0n) is 11.4. The number of fused-ring (bicyclic) bond motifs is 1. The van der Waals surface area contributed by atoms with Gasteiger partial charge in [0.2, 0.25) is 0 Å². The highest BCUT2D eigenvalue weighted by molar-refractivity contribution is 6.00. The summed E-state index contributed by atoms with van der Waals surface area (Å²) in [6.07, 6.45) is 0. The minimum Gasteiger partial charge on any atom is -0.478 e. The molecule has 2 aromatic rings. The van der Waals surface area contributed by atoms with Gasteiger partial charge < -0.3 is 14.6 Å². The van der Waals surface area contributed by atoms with Crippen molar-refractivity contribution in [2.45, 2.75) is 13.8 Å². The predicted octanol–water partition coefficient (Wildman–Crippen LogP) is 2.39. The van der Waals surface area contributed by atoms with Crippen molar-refractivity contribution in [3.63, 3.8) is 0 Å². The first-order chi connectivity index (χ1) is 9.88. The predicted molar refractivity (Wildman–Crippen MR) is 73.5 cm³/mol. The van der Waals surface area contributed by atoms with Crippen LogP contribution in [0.4, 0.5) is 0 Å². The molecule has 0 bridgehead atoms. The van der Waals surface area contributed by atoms with Crippen LogP contribution in [0.3, 0.4) is 0 Å². The maximum atomic E-state index is 11.3. The third-order valence-electron chi connectivity index (χ3n) is 2.68. The van der Waals surface area contributed by atoms with Gasteiger partial charge in [-0.15, -0.1) is 0 Å². The standard InChI is InChI=1S/C15H12O6/c1-8(16)20-13-5-3-4-10-6-14(21-9(2)17)12(15(18)19)7-11(10)13/h3-7H,1-2H3,(H,18,19). The largest absolute Gasteiger partial charge is 0.478 e. The molecule has 108 valence electrons. The second kappa shape index (κ2) is 5.62. The van der Waals surface area contributed by atoms with Crippen molar-refractivity contribution in [1.82, 2.24) is 0 Å². The van der Waals surface area contributed by atoms with E-state index in [9.17, 15) is 19.5 Å². The highest BCUT2D eigenvalue weighted by atomic mass is 16.5. The van der Waals surface area contributed by atoms with Gasteiger partial charge in [0.25, 0.3) is 0 Å². The fourth-order valence-corrected chi connectivity index (χ4v) is 1.93. The maximum absolute atomic E-state index is 11.3. The second-order valence-corrected chi connectivity index (χ2v) is 4.32. The number of ether oxygens (including phenoxy) is 2. The Balaban J connectivity index is 2.68. The molecular formula is C15H12O6. The fraction of sp³-hybridized carbons (Fsp3) is 0.133. The first kappa shape index (κ1) is 14.5. The molecule has 0 amide bonds. The minimum atomic E-state index is -1.24. The Kier molecular flexibility index (Phi) is 3.89. The van der Waals surface area contributed by atoms with E-state index in [0.29, 0.717) is 10.8 Å². The van der Waals surface area contributed by atoms with Crippen molar-refractivity contribution in [2.75, 3.05) is 0 Å². The van der Waals surface area contributed by atoms with Crippen molar-refractivity contribution >= 4 is 28.7 Å². The number of esters is 2. The summed E-state index contributed by atoms with van der Waals surface area (Å²) < 4.78 is 9.95. The van der Waals surface area contributed by atoms with E-state index in [1.165, 1.54) is 26.0 Å². The Morgan fingerprint density at radius 3 is 2.14 bits per heavy atom. The highest BCUT2D eigenvalue weighted by Gasteiger charge is 2.16. The van der Waals surface area contributed by atoms with Crippen LogP contribution in [-0.2, 0) is 9.59 Å². The minimum absolute atomic E-state index is 0.0533. The zero-order valence-corrected chi connectivity index (χ0v) is 11.4. The summed E-state index contributed by atoms with van der Waals surface area (Å²) in [7, 11) is 0. The molecule has 6 heteroatoms. The van der Waals surface area contributed by atoms with Gasteiger partial charge in [0.15, 0.2) is 0 Å². The Morgan fingerprint density at radius 2 is 1.57 bits per heavy atom. The summed E-state index contributed by atoms with van der Waals surface area (Å²) in [5.74, 6) is -2.18. The molecule has 0 saturated carbocycles. The molecule has 0 aliphatic carbocycles. The van der Waals surface area contributed by atoms with E-state index in [2.05, 4.69) is 0 Å². The summed E-state index contributed by atoms with van der Waals surface area (Å²) in [6.45, 7) is 2.44. The summed E-state index contributed by atoms with van der Waals surface area (Å²) in [4.78, 5) is 33.4. The van der Waals surface area contributed by atoms with Crippen LogP contribution in [-0.4, -0.2) is 23.0 Å². The average molecular weight is 288 g/mol. The molecular weight excluding hydrogens is 276 g/mol. The lowest BCUT2D eigenvalue weighted by Crippen LogP contribution is -2.08. The molecule has 21 heavy (non-hydrogen) atoms. The van der Waals surface area contributed by atoms with E-state index in [4.69, 9.17) is 9.47 Å². The Morgan fingerprint density at radius 1 is 0.952 bits per heavy atom. The van der Waals surface area contributed by atoms with E-state index >= 15 is 0 Å². The SMILES string of the molecule is CC(=O)Oc1cc2cccc(OC(C)=O)c2cc1C(=O)O. The van der Waals surface area contributed by atoms with E-state index in [1.807, 2.05) is 0 Å². The number of aromatic carboxylic acids is 1. The van der Waals surface area contributed by atoms with Gasteiger partial charge in [-0.25, -0.2) is 4.79 Å². The lowest BCUT2D eigenvalue weighted by molar-refractivity contribution is -0.132. The first-order valence-electron chi connectivity index (χ1n) is 6.05. The Bertz CT molecular complexity index is 747. The molecule has 0 heterocycles. The van der Waals surface area contributed by atoms with Gasteiger partial charge in [-0.1, -0.05) is 12.1 Å². The summed E-state index contributed by atoms with van der Waals surface area (Å²) in [6, 6.07) is 7.64. The summed E-state index contributed by atoms with van der Waals surface area (Å²) in [5, 5.41) is 10.2. The molecule has 0 radical (unpaired) electrons. The van der Waals surface area contributed by atoms with Gasteiger partial charge in [-0.05, 0) is 23.6 Å². The number of carbonyl (C=O) groups excluding carboxylic acids is 2. The van der Waals surface area contributed by atoms with Crippen molar-refractivity contribution in [1.29, 1.82) is 0 Å². The normalized spacial score (nSPS) is 10.2. The van der Waals surface area contributed by atoms with Crippen LogP contribution in [0.2, 0.25) is 0 Å². The summed E-state index contributed by atoms with van der Waals surface area (Å²) in [5.41, 5.74) is -0.183. The van der Waals surface area contributed by atoms with Crippen molar-refractivity contribution in [2.24, 2.45) is 0 Å². The van der Waals surface area contributed by atoms with Crippen molar-refractivity contribution in [3.05, 3.63) is 35.9 Å². The van der Waals surface area contributed by atoms with Gasteiger partial charge in [0.05, 0.1) is 0 Å². The number of carboxylic acid groups (broad SMARTS) is 1. The van der Waals surface area contributed by atoms with Gasteiger partial charge in [0.1, 0.15) is 17.1 Å². The van der Waals surface area contributed by atoms with Crippen LogP contribution in [0.15, 0.2) is 30.3 Å². The number of hydrogen-bond donors (Lipinski definition) is 1. The van der Waals surface area contributed by atoms with Crippen LogP contribution < -0.4 is 9.47 Å². The van der Waals surface area contributed by atoms with Crippen molar-refractivity contribution in [3.8, 4) is 11.5 Å². The Hall–Kier alpha value is -2.89. The van der Waals surface area contributed by atoms with Gasteiger partial charge in [-0.3, -0.25) is 9.59 Å². The van der Waals surface area contributed by atoms with E-state index in [1.54, 1.807) is 18.2 Å². The Labute approximate surface area is 119 Å². The third-order valence-corrected chi connectivity index (χ3v) is 2.68. The number of carboxylic acids is 1. The van der Waals surface area contributed by atoms with Crippen LogP contribution >= 0.6 is 0 Å². The zero-order chi connectivity index (χ0) is 15.6. The molecule has 6 nitrogen and oxygen atoms in total. The molecule has 2 aromatic carbocycles.